The van der Waals surface area contributed by atoms with Crippen LogP contribution in [0.5, 0.6) is 0 Å². The van der Waals surface area contributed by atoms with Gasteiger partial charge in [-0.05, 0) is 43.9 Å². The number of rotatable bonds is 6. The third-order valence-electron chi connectivity index (χ3n) is 6.00. The predicted molar refractivity (Wildman–Crippen MR) is 117 cm³/mol. The van der Waals surface area contributed by atoms with E-state index in [4.69, 9.17) is 4.52 Å². The van der Waals surface area contributed by atoms with Crippen LogP contribution in [0.3, 0.4) is 0 Å². The second-order valence-corrected chi connectivity index (χ2v) is 8.01. The number of carbonyl (C=O) groups excluding carboxylic acids is 1. The Morgan fingerprint density at radius 3 is 2.33 bits per heavy atom. The summed E-state index contributed by atoms with van der Waals surface area (Å²) in [6.07, 6.45) is 1.81. The van der Waals surface area contributed by atoms with E-state index in [9.17, 15) is 4.79 Å². The Balaban J connectivity index is 1.37. The van der Waals surface area contributed by atoms with Crippen molar-refractivity contribution in [1.82, 2.24) is 15.0 Å². The molecule has 1 fully saturated rings. The molecule has 0 aliphatic carbocycles. The first kappa shape index (κ1) is 20.4. The molecule has 4 rings (SSSR count). The molecule has 0 saturated carbocycles. The van der Waals surface area contributed by atoms with Crippen molar-refractivity contribution in [2.75, 3.05) is 26.2 Å². The number of hydrogen-bond donors (Lipinski definition) is 0. The lowest BCUT2D eigenvalue weighted by Gasteiger charge is -2.35. The number of aryl methyl sites for hydroxylation is 4. The summed E-state index contributed by atoms with van der Waals surface area (Å²) >= 11 is 0. The Morgan fingerprint density at radius 1 is 0.933 bits per heavy atom. The quantitative estimate of drug-likeness (QED) is 0.623. The molecule has 156 valence electrons. The molecule has 1 aliphatic heterocycles. The highest BCUT2D eigenvalue weighted by Crippen LogP contribution is 2.19. The number of benzene rings is 2. The van der Waals surface area contributed by atoms with Gasteiger partial charge >= 0.3 is 0 Å². The van der Waals surface area contributed by atoms with Gasteiger partial charge in [0.15, 0.2) is 0 Å². The van der Waals surface area contributed by atoms with E-state index in [-0.39, 0.29) is 5.91 Å². The lowest BCUT2D eigenvalue weighted by Crippen LogP contribution is -2.48. The van der Waals surface area contributed by atoms with Gasteiger partial charge in [-0.1, -0.05) is 53.7 Å². The van der Waals surface area contributed by atoms with Crippen molar-refractivity contribution in [1.29, 1.82) is 0 Å². The number of aromatic nitrogens is 1. The van der Waals surface area contributed by atoms with E-state index < -0.39 is 0 Å². The summed E-state index contributed by atoms with van der Waals surface area (Å²) in [5.74, 6) is 1.04. The molecule has 3 aromatic rings. The Labute approximate surface area is 178 Å². The first-order valence-corrected chi connectivity index (χ1v) is 10.7. The number of carbonyl (C=O) groups is 1. The zero-order valence-corrected chi connectivity index (χ0v) is 17.8. The number of hydrogen-bond acceptors (Lipinski definition) is 4. The Bertz CT molecular complexity index is 969. The molecular formula is C25H29N3O2. The molecule has 1 aliphatic rings. The normalized spacial score (nSPS) is 14.8. The summed E-state index contributed by atoms with van der Waals surface area (Å²) in [5.41, 5.74) is 5.39. The number of amides is 1. The van der Waals surface area contributed by atoms with Gasteiger partial charge < -0.3 is 9.42 Å². The highest BCUT2D eigenvalue weighted by atomic mass is 16.5. The van der Waals surface area contributed by atoms with Crippen molar-refractivity contribution in [3.05, 3.63) is 88.3 Å². The minimum absolute atomic E-state index is 0.149. The first-order chi connectivity index (χ1) is 14.6. The second kappa shape index (κ2) is 9.26. The summed E-state index contributed by atoms with van der Waals surface area (Å²) in [6, 6.07) is 18.5. The topological polar surface area (TPSA) is 49.6 Å². The van der Waals surface area contributed by atoms with Crippen molar-refractivity contribution in [3.63, 3.8) is 0 Å². The first-order valence-electron chi connectivity index (χ1n) is 10.7. The van der Waals surface area contributed by atoms with Crippen LogP contribution in [0.2, 0.25) is 0 Å². The van der Waals surface area contributed by atoms with Gasteiger partial charge in [0.1, 0.15) is 5.76 Å². The molecule has 2 heterocycles. The van der Waals surface area contributed by atoms with Crippen molar-refractivity contribution in [3.8, 4) is 0 Å². The van der Waals surface area contributed by atoms with Gasteiger partial charge in [0.25, 0.3) is 5.91 Å². The van der Waals surface area contributed by atoms with Crippen LogP contribution in [0.25, 0.3) is 0 Å². The molecule has 5 heteroatoms. The Hall–Kier alpha value is -2.92. The highest BCUT2D eigenvalue weighted by molar-refractivity contribution is 5.95. The number of nitrogens with zero attached hydrogens (tertiary/aromatic N) is 3. The van der Waals surface area contributed by atoms with Crippen LogP contribution in [-0.2, 0) is 19.4 Å². The van der Waals surface area contributed by atoms with E-state index in [0.29, 0.717) is 0 Å². The van der Waals surface area contributed by atoms with Crippen molar-refractivity contribution >= 4 is 5.91 Å². The molecule has 1 aromatic heterocycles. The standard InChI is InChI=1S/C25H29N3O2/c1-19-24(20(2)30-26-19)18-27-14-16-28(17-15-27)25(29)23-11-7-6-10-22(23)13-12-21-8-4-3-5-9-21/h3-11H,12-18H2,1-2H3. The summed E-state index contributed by atoms with van der Waals surface area (Å²) in [7, 11) is 0. The van der Waals surface area contributed by atoms with E-state index >= 15 is 0 Å². The molecule has 0 spiro atoms. The zero-order chi connectivity index (χ0) is 20.9. The van der Waals surface area contributed by atoms with E-state index in [1.54, 1.807) is 0 Å². The van der Waals surface area contributed by atoms with Crippen molar-refractivity contribution in [2.24, 2.45) is 0 Å². The maximum absolute atomic E-state index is 13.2. The van der Waals surface area contributed by atoms with Gasteiger partial charge in [0.2, 0.25) is 0 Å². The molecule has 30 heavy (non-hydrogen) atoms. The summed E-state index contributed by atoms with van der Waals surface area (Å²) in [5, 5.41) is 4.05. The average molecular weight is 404 g/mol. The Kier molecular flexibility index (Phi) is 6.29. The number of piperazine rings is 1. The molecule has 5 nitrogen and oxygen atoms in total. The largest absolute Gasteiger partial charge is 0.361 e. The molecule has 0 N–H and O–H groups in total. The van der Waals surface area contributed by atoms with Crippen molar-refractivity contribution < 1.29 is 9.32 Å². The summed E-state index contributed by atoms with van der Waals surface area (Å²) < 4.78 is 5.28. The fourth-order valence-electron chi connectivity index (χ4n) is 4.10. The van der Waals surface area contributed by atoms with Crippen LogP contribution in [-0.4, -0.2) is 47.0 Å². The fourth-order valence-corrected chi connectivity index (χ4v) is 4.10. The average Bonchev–Trinajstić information content (AvgIpc) is 3.11. The van der Waals surface area contributed by atoms with Gasteiger partial charge in [0, 0.05) is 43.9 Å². The fraction of sp³-hybridized carbons (Fsp3) is 0.360. The molecular weight excluding hydrogens is 374 g/mol. The van der Waals surface area contributed by atoms with Gasteiger partial charge in [-0.25, -0.2) is 0 Å². The van der Waals surface area contributed by atoms with E-state index in [0.717, 1.165) is 68.1 Å². The second-order valence-electron chi connectivity index (χ2n) is 8.01. The van der Waals surface area contributed by atoms with Crippen LogP contribution in [0, 0.1) is 13.8 Å². The highest BCUT2D eigenvalue weighted by Gasteiger charge is 2.24. The summed E-state index contributed by atoms with van der Waals surface area (Å²) in [4.78, 5) is 17.6. The molecule has 1 amide bonds. The third-order valence-corrected chi connectivity index (χ3v) is 6.00. The van der Waals surface area contributed by atoms with Gasteiger partial charge in [-0.2, -0.15) is 0 Å². The molecule has 0 radical (unpaired) electrons. The van der Waals surface area contributed by atoms with Crippen LogP contribution in [0.4, 0.5) is 0 Å². The van der Waals surface area contributed by atoms with Gasteiger partial charge in [-0.15, -0.1) is 0 Å². The lowest BCUT2D eigenvalue weighted by molar-refractivity contribution is 0.0626. The van der Waals surface area contributed by atoms with Crippen LogP contribution < -0.4 is 0 Å². The van der Waals surface area contributed by atoms with Crippen LogP contribution >= 0.6 is 0 Å². The van der Waals surface area contributed by atoms with Crippen LogP contribution in [0.15, 0.2) is 59.1 Å². The maximum Gasteiger partial charge on any atom is 0.254 e. The SMILES string of the molecule is Cc1noc(C)c1CN1CCN(C(=O)c2ccccc2CCc2ccccc2)CC1. The minimum atomic E-state index is 0.149. The van der Waals surface area contributed by atoms with Crippen molar-refractivity contribution in [2.45, 2.75) is 33.2 Å². The summed E-state index contributed by atoms with van der Waals surface area (Å²) in [6.45, 7) is 7.99. The molecule has 0 unspecified atom stereocenters. The van der Waals surface area contributed by atoms with E-state index in [1.165, 1.54) is 11.1 Å². The molecule has 2 aromatic carbocycles. The van der Waals surface area contributed by atoms with Crippen LogP contribution in [0.1, 0.15) is 38.5 Å². The van der Waals surface area contributed by atoms with Gasteiger partial charge in [-0.3, -0.25) is 9.69 Å². The lowest BCUT2D eigenvalue weighted by atomic mass is 9.99. The Morgan fingerprint density at radius 2 is 1.63 bits per heavy atom. The molecule has 0 atom stereocenters. The molecule has 1 saturated heterocycles. The van der Waals surface area contributed by atoms with E-state index in [1.807, 2.05) is 43.0 Å². The molecule has 0 bridgehead atoms. The third kappa shape index (κ3) is 4.62. The predicted octanol–water partition coefficient (Wildman–Crippen LogP) is 4.03. The minimum Gasteiger partial charge on any atom is -0.361 e. The maximum atomic E-state index is 13.2. The van der Waals surface area contributed by atoms with E-state index in [2.05, 4.69) is 40.4 Å². The smallest absolute Gasteiger partial charge is 0.254 e. The monoisotopic (exact) mass is 403 g/mol. The zero-order valence-electron chi connectivity index (χ0n) is 17.8. The van der Waals surface area contributed by atoms with Gasteiger partial charge in [0.05, 0.1) is 5.69 Å².